The van der Waals surface area contributed by atoms with Crippen LogP contribution in [0.4, 0.5) is 0 Å². The average molecular weight is 240 g/mol. The number of aryl methyl sites for hydroxylation is 1. The first-order chi connectivity index (χ1) is 8.83. The van der Waals surface area contributed by atoms with Gasteiger partial charge < -0.3 is 9.47 Å². The van der Waals surface area contributed by atoms with E-state index in [9.17, 15) is 0 Å². The van der Waals surface area contributed by atoms with Gasteiger partial charge in [-0.05, 0) is 12.5 Å². The Kier molecular flexibility index (Phi) is 3.13. The van der Waals surface area contributed by atoms with Crippen LogP contribution in [0, 0.1) is 6.92 Å². The van der Waals surface area contributed by atoms with Gasteiger partial charge in [-0.2, -0.15) is 0 Å². The standard InChI is InChI=1S/C16H16O2/c1-12-6-5-9-14(10-12)15-11-17-16(18-15)13-7-3-2-4-8-13/h2-10,15-16H,11H2,1H3. The summed E-state index contributed by atoms with van der Waals surface area (Å²) in [5.74, 6) is 0. The van der Waals surface area contributed by atoms with Gasteiger partial charge in [0.1, 0.15) is 6.10 Å². The molecule has 2 nitrogen and oxygen atoms in total. The fourth-order valence-corrected chi connectivity index (χ4v) is 2.23. The largest absolute Gasteiger partial charge is 0.345 e. The molecule has 1 aliphatic rings. The Balaban J connectivity index is 1.76. The van der Waals surface area contributed by atoms with Crippen molar-refractivity contribution in [3.05, 3.63) is 71.3 Å². The highest BCUT2D eigenvalue weighted by molar-refractivity contribution is 5.25. The molecule has 0 amide bonds. The molecule has 2 atom stereocenters. The maximum atomic E-state index is 5.97. The molecule has 1 aliphatic heterocycles. The fourth-order valence-electron chi connectivity index (χ4n) is 2.23. The summed E-state index contributed by atoms with van der Waals surface area (Å²) in [6, 6.07) is 18.5. The van der Waals surface area contributed by atoms with Crippen LogP contribution in [0.2, 0.25) is 0 Å². The summed E-state index contributed by atoms with van der Waals surface area (Å²) < 4.78 is 11.7. The molecule has 3 rings (SSSR count). The van der Waals surface area contributed by atoms with E-state index in [-0.39, 0.29) is 12.4 Å². The van der Waals surface area contributed by atoms with E-state index in [0.717, 1.165) is 5.56 Å². The summed E-state index contributed by atoms with van der Waals surface area (Å²) in [5.41, 5.74) is 3.51. The maximum Gasteiger partial charge on any atom is 0.184 e. The molecule has 0 N–H and O–H groups in total. The van der Waals surface area contributed by atoms with Gasteiger partial charge in [-0.1, -0.05) is 60.2 Å². The second-order valence-corrected chi connectivity index (χ2v) is 4.61. The van der Waals surface area contributed by atoms with Gasteiger partial charge in [0.25, 0.3) is 0 Å². The van der Waals surface area contributed by atoms with Crippen LogP contribution in [0.5, 0.6) is 0 Å². The topological polar surface area (TPSA) is 18.5 Å². The minimum atomic E-state index is -0.239. The van der Waals surface area contributed by atoms with Crippen molar-refractivity contribution in [1.29, 1.82) is 0 Å². The molecule has 0 radical (unpaired) electrons. The number of benzene rings is 2. The highest BCUT2D eigenvalue weighted by Crippen LogP contribution is 2.34. The first kappa shape index (κ1) is 11.5. The Morgan fingerprint density at radius 3 is 2.50 bits per heavy atom. The van der Waals surface area contributed by atoms with Crippen LogP contribution in [0.15, 0.2) is 54.6 Å². The molecular weight excluding hydrogens is 224 g/mol. The lowest BCUT2D eigenvalue weighted by Gasteiger charge is -2.12. The van der Waals surface area contributed by atoms with Gasteiger partial charge in [-0.15, -0.1) is 0 Å². The van der Waals surface area contributed by atoms with Crippen LogP contribution >= 0.6 is 0 Å². The smallest absolute Gasteiger partial charge is 0.184 e. The molecule has 0 bridgehead atoms. The van der Waals surface area contributed by atoms with Crippen LogP contribution in [0.25, 0.3) is 0 Å². The molecule has 18 heavy (non-hydrogen) atoms. The predicted octanol–water partition coefficient (Wildman–Crippen LogP) is 3.78. The second-order valence-electron chi connectivity index (χ2n) is 4.61. The maximum absolute atomic E-state index is 5.97. The predicted molar refractivity (Wildman–Crippen MR) is 70.1 cm³/mol. The molecule has 1 fully saturated rings. The lowest BCUT2D eigenvalue weighted by atomic mass is 10.1. The second kappa shape index (κ2) is 4.92. The summed E-state index contributed by atoms with van der Waals surface area (Å²) in [6.45, 7) is 2.71. The molecular formula is C16H16O2. The zero-order valence-corrected chi connectivity index (χ0v) is 10.4. The third-order valence-electron chi connectivity index (χ3n) is 3.17. The van der Waals surface area contributed by atoms with Gasteiger partial charge in [0.2, 0.25) is 0 Å². The first-order valence-corrected chi connectivity index (χ1v) is 6.21. The molecule has 0 saturated carbocycles. The van der Waals surface area contributed by atoms with Crippen molar-refractivity contribution >= 4 is 0 Å². The minimum Gasteiger partial charge on any atom is -0.345 e. The zero-order chi connectivity index (χ0) is 12.4. The molecule has 2 unspecified atom stereocenters. The fraction of sp³-hybridized carbons (Fsp3) is 0.250. The first-order valence-electron chi connectivity index (χ1n) is 6.21. The van der Waals surface area contributed by atoms with E-state index in [1.807, 2.05) is 30.3 Å². The van der Waals surface area contributed by atoms with E-state index >= 15 is 0 Å². The Morgan fingerprint density at radius 1 is 0.944 bits per heavy atom. The van der Waals surface area contributed by atoms with E-state index in [2.05, 4.69) is 31.2 Å². The van der Waals surface area contributed by atoms with Crippen LogP contribution in [-0.4, -0.2) is 6.61 Å². The summed E-state index contributed by atoms with van der Waals surface area (Å²) in [6.07, 6.45) is -0.202. The summed E-state index contributed by atoms with van der Waals surface area (Å²) >= 11 is 0. The molecule has 0 aromatic heterocycles. The molecule has 2 aromatic carbocycles. The third-order valence-corrected chi connectivity index (χ3v) is 3.17. The average Bonchev–Trinajstić information content (AvgIpc) is 2.89. The molecule has 0 spiro atoms. The van der Waals surface area contributed by atoms with E-state index in [4.69, 9.17) is 9.47 Å². The molecule has 92 valence electrons. The van der Waals surface area contributed by atoms with Gasteiger partial charge in [-0.25, -0.2) is 0 Å². The lowest BCUT2D eigenvalue weighted by molar-refractivity contribution is -0.0607. The highest BCUT2D eigenvalue weighted by Gasteiger charge is 2.28. The van der Waals surface area contributed by atoms with E-state index in [1.54, 1.807) is 0 Å². The third kappa shape index (κ3) is 2.30. The van der Waals surface area contributed by atoms with Crippen molar-refractivity contribution in [3.8, 4) is 0 Å². The lowest BCUT2D eigenvalue weighted by Crippen LogP contribution is -2.01. The van der Waals surface area contributed by atoms with Gasteiger partial charge in [0.05, 0.1) is 6.61 Å². The monoisotopic (exact) mass is 240 g/mol. The SMILES string of the molecule is Cc1cccc(C2COC(c3ccccc3)O2)c1. The highest BCUT2D eigenvalue weighted by atomic mass is 16.7. The summed E-state index contributed by atoms with van der Waals surface area (Å²) in [4.78, 5) is 0. The van der Waals surface area contributed by atoms with Gasteiger partial charge in [0, 0.05) is 5.56 Å². The Labute approximate surface area is 107 Å². The van der Waals surface area contributed by atoms with Crippen molar-refractivity contribution in [3.63, 3.8) is 0 Å². The number of rotatable bonds is 2. The van der Waals surface area contributed by atoms with Gasteiger partial charge >= 0.3 is 0 Å². The number of hydrogen-bond acceptors (Lipinski definition) is 2. The van der Waals surface area contributed by atoms with E-state index < -0.39 is 0 Å². The van der Waals surface area contributed by atoms with Crippen molar-refractivity contribution in [2.24, 2.45) is 0 Å². The van der Waals surface area contributed by atoms with Crippen molar-refractivity contribution in [1.82, 2.24) is 0 Å². The number of hydrogen-bond donors (Lipinski definition) is 0. The summed E-state index contributed by atoms with van der Waals surface area (Å²) in [5, 5.41) is 0. The Bertz CT molecular complexity index is 522. The Hall–Kier alpha value is -1.64. The normalized spacial score (nSPS) is 23.2. The minimum absolute atomic E-state index is 0.0371. The Morgan fingerprint density at radius 2 is 1.72 bits per heavy atom. The van der Waals surface area contributed by atoms with Crippen LogP contribution < -0.4 is 0 Å². The van der Waals surface area contributed by atoms with Crippen molar-refractivity contribution in [2.45, 2.75) is 19.3 Å². The quantitative estimate of drug-likeness (QED) is 0.795. The van der Waals surface area contributed by atoms with Crippen LogP contribution in [0.3, 0.4) is 0 Å². The molecule has 1 saturated heterocycles. The number of ether oxygens (including phenoxy) is 2. The zero-order valence-electron chi connectivity index (χ0n) is 10.4. The molecule has 2 aromatic rings. The molecule has 2 heteroatoms. The van der Waals surface area contributed by atoms with Crippen LogP contribution in [-0.2, 0) is 9.47 Å². The van der Waals surface area contributed by atoms with Crippen molar-refractivity contribution < 1.29 is 9.47 Å². The van der Waals surface area contributed by atoms with Crippen LogP contribution in [0.1, 0.15) is 29.1 Å². The molecule has 1 heterocycles. The van der Waals surface area contributed by atoms with Gasteiger partial charge in [0.15, 0.2) is 6.29 Å². The van der Waals surface area contributed by atoms with Gasteiger partial charge in [-0.3, -0.25) is 0 Å². The molecule has 0 aliphatic carbocycles. The van der Waals surface area contributed by atoms with E-state index in [0.29, 0.717) is 6.61 Å². The van der Waals surface area contributed by atoms with E-state index in [1.165, 1.54) is 11.1 Å². The summed E-state index contributed by atoms with van der Waals surface area (Å²) in [7, 11) is 0. The van der Waals surface area contributed by atoms with Crippen molar-refractivity contribution in [2.75, 3.05) is 6.61 Å².